The molecule has 0 unspecified atom stereocenters. The fourth-order valence-corrected chi connectivity index (χ4v) is 1.76. The van der Waals surface area contributed by atoms with Crippen LogP contribution in [0.2, 0.25) is 0 Å². The summed E-state index contributed by atoms with van der Waals surface area (Å²) in [5.41, 5.74) is 0. The lowest BCUT2D eigenvalue weighted by Gasteiger charge is -1.95. The van der Waals surface area contributed by atoms with Gasteiger partial charge in [-0.2, -0.15) is 0 Å². The van der Waals surface area contributed by atoms with Crippen molar-refractivity contribution in [3.8, 4) is 0 Å². The Kier molecular flexibility index (Phi) is 4.88. The van der Waals surface area contributed by atoms with Crippen molar-refractivity contribution < 1.29 is 4.74 Å². The molecule has 13 heavy (non-hydrogen) atoms. The molecule has 0 aromatic carbocycles. The number of rotatable bonds is 6. The zero-order valence-electron chi connectivity index (χ0n) is 8.04. The Morgan fingerprint density at radius 2 is 2.15 bits per heavy atom. The number of ether oxygens (including phenoxy) is 1. The number of hydrogen-bond acceptors (Lipinski definition) is 5. The SMILES string of the molecule is CCNCCc1nnc(COC)s1. The molecule has 0 fully saturated rings. The van der Waals surface area contributed by atoms with Crippen LogP contribution in [0.1, 0.15) is 16.9 Å². The molecule has 0 aliphatic carbocycles. The Hall–Kier alpha value is -0.520. The predicted molar refractivity (Wildman–Crippen MR) is 52.9 cm³/mol. The van der Waals surface area contributed by atoms with Gasteiger partial charge in [0.2, 0.25) is 0 Å². The Morgan fingerprint density at radius 1 is 1.38 bits per heavy atom. The van der Waals surface area contributed by atoms with Crippen LogP contribution in [0.15, 0.2) is 0 Å². The lowest BCUT2D eigenvalue weighted by atomic mass is 10.4. The largest absolute Gasteiger partial charge is 0.377 e. The second-order valence-electron chi connectivity index (χ2n) is 2.63. The van der Waals surface area contributed by atoms with Crippen molar-refractivity contribution in [2.75, 3.05) is 20.2 Å². The number of likely N-dealkylation sites (N-methyl/N-ethyl adjacent to an activating group) is 1. The molecule has 0 amide bonds. The van der Waals surface area contributed by atoms with Gasteiger partial charge in [-0.1, -0.05) is 18.3 Å². The molecular formula is C8H15N3OS. The molecule has 0 spiro atoms. The highest BCUT2D eigenvalue weighted by molar-refractivity contribution is 7.11. The van der Waals surface area contributed by atoms with Crippen molar-refractivity contribution in [3.05, 3.63) is 10.0 Å². The summed E-state index contributed by atoms with van der Waals surface area (Å²) in [6.45, 7) is 4.64. The molecule has 1 aromatic heterocycles. The van der Waals surface area contributed by atoms with Gasteiger partial charge in [-0.15, -0.1) is 10.2 Å². The van der Waals surface area contributed by atoms with Gasteiger partial charge in [0, 0.05) is 20.1 Å². The fourth-order valence-electron chi connectivity index (χ4n) is 0.943. The van der Waals surface area contributed by atoms with E-state index in [1.807, 2.05) is 0 Å². The highest BCUT2D eigenvalue weighted by Crippen LogP contribution is 2.10. The van der Waals surface area contributed by atoms with E-state index in [-0.39, 0.29) is 0 Å². The minimum Gasteiger partial charge on any atom is -0.377 e. The molecule has 0 saturated carbocycles. The summed E-state index contributed by atoms with van der Waals surface area (Å²) in [6, 6.07) is 0. The lowest BCUT2D eigenvalue weighted by Crippen LogP contribution is -2.15. The normalized spacial score (nSPS) is 10.6. The van der Waals surface area contributed by atoms with Crippen molar-refractivity contribution in [2.24, 2.45) is 0 Å². The smallest absolute Gasteiger partial charge is 0.143 e. The molecule has 1 heterocycles. The fraction of sp³-hybridized carbons (Fsp3) is 0.750. The average molecular weight is 201 g/mol. The van der Waals surface area contributed by atoms with Gasteiger partial charge in [-0.3, -0.25) is 0 Å². The van der Waals surface area contributed by atoms with E-state index in [9.17, 15) is 0 Å². The predicted octanol–water partition coefficient (Wildman–Crippen LogP) is 0.836. The second-order valence-corrected chi connectivity index (χ2v) is 3.77. The summed E-state index contributed by atoms with van der Waals surface area (Å²) in [4.78, 5) is 0. The zero-order chi connectivity index (χ0) is 9.52. The molecule has 0 atom stereocenters. The first-order chi connectivity index (χ1) is 6.36. The molecule has 0 saturated heterocycles. The molecule has 74 valence electrons. The van der Waals surface area contributed by atoms with Gasteiger partial charge < -0.3 is 10.1 Å². The van der Waals surface area contributed by atoms with Crippen LogP contribution >= 0.6 is 11.3 Å². The van der Waals surface area contributed by atoms with Crippen LogP contribution in [0, 0.1) is 0 Å². The zero-order valence-corrected chi connectivity index (χ0v) is 8.86. The number of aromatic nitrogens is 2. The van der Waals surface area contributed by atoms with E-state index in [0.717, 1.165) is 29.5 Å². The summed E-state index contributed by atoms with van der Waals surface area (Å²) in [7, 11) is 1.67. The summed E-state index contributed by atoms with van der Waals surface area (Å²) >= 11 is 1.62. The lowest BCUT2D eigenvalue weighted by molar-refractivity contribution is 0.184. The molecule has 1 aromatic rings. The van der Waals surface area contributed by atoms with Crippen LogP contribution in [0.25, 0.3) is 0 Å². The van der Waals surface area contributed by atoms with Crippen molar-refractivity contribution >= 4 is 11.3 Å². The number of nitrogens with zero attached hydrogens (tertiary/aromatic N) is 2. The Labute approximate surface area is 82.3 Å². The highest BCUT2D eigenvalue weighted by atomic mass is 32.1. The van der Waals surface area contributed by atoms with Crippen molar-refractivity contribution in [3.63, 3.8) is 0 Å². The monoisotopic (exact) mass is 201 g/mol. The van der Waals surface area contributed by atoms with Crippen LogP contribution in [0.3, 0.4) is 0 Å². The molecule has 0 bridgehead atoms. The Morgan fingerprint density at radius 3 is 2.85 bits per heavy atom. The summed E-state index contributed by atoms with van der Waals surface area (Å²) < 4.78 is 4.96. The topological polar surface area (TPSA) is 47.0 Å². The Balaban J connectivity index is 2.31. The maximum atomic E-state index is 4.96. The van der Waals surface area contributed by atoms with Crippen molar-refractivity contribution in [1.82, 2.24) is 15.5 Å². The molecule has 0 aliphatic heterocycles. The van der Waals surface area contributed by atoms with Gasteiger partial charge in [0.1, 0.15) is 10.0 Å². The van der Waals surface area contributed by atoms with Crippen LogP contribution < -0.4 is 5.32 Å². The van der Waals surface area contributed by atoms with Gasteiger partial charge in [0.15, 0.2) is 0 Å². The van der Waals surface area contributed by atoms with Gasteiger partial charge in [0.25, 0.3) is 0 Å². The van der Waals surface area contributed by atoms with E-state index < -0.39 is 0 Å². The van der Waals surface area contributed by atoms with Gasteiger partial charge in [-0.05, 0) is 6.54 Å². The van der Waals surface area contributed by atoms with Crippen LogP contribution in [-0.4, -0.2) is 30.4 Å². The minimum atomic E-state index is 0.568. The third-order valence-corrected chi connectivity index (χ3v) is 2.50. The van der Waals surface area contributed by atoms with Crippen LogP contribution in [0.5, 0.6) is 0 Å². The third kappa shape index (κ3) is 3.80. The van der Waals surface area contributed by atoms with E-state index in [1.165, 1.54) is 0 Å². The molecule has 4 nitrogen and oxygen atoms in total. The van der Waals surface area contributed by atoms with Crippen LogP contribution in [0.4, 0.5) is 0 Å². The average Bonchev–Trinajstić information content (AvgIpc) is 2.54. The molecule has 1 rings (SSSR count). The van der Waals surface area contributed by atoms with Gasteiger partial charge in [0.05, 0.1) is 6.61 Å². The van der Waals surface area contributed by atoms with Crippen molar-refractivity contribution in [2.45, 2.75) is 20.0 Å². The standard InChI is InChI=1S/C8H15N3OS/c1-3-9-5-4-7-10-11-8(13-7)6-12-2/h9H,3-6H2,1-2H3. The quantitative estimate of drug-likeness (QED) is 0.693. The van der Waals surface area contributed by atoms with E-state index in [4.69, 9.17) is 4.74 Å². The highest BCUT2D eigenvalue weighted by Gasteiger charge is 2.02. The van der Waals surface area contributed by atoms with E-state index >= 15 is 0 Å². The van der Waals surface area contributed by atoms with Gasteiger partial charge in [-0.25, -0.2) is 0 Å². The van der Waals surface area contributed by atoms with Crippen LogP contribution in [-0.2, 0) is 17.8 Å². The number of hydrogen-bond donors (Lipinski definition) is 1. The molecule has 1 N–H and O–H groups in total. The maximum absolute atomic E-state index is 4.96. The third-order valence-electron chi connectivity index (χ3n) is 1.54. The number of nitrogens with one attached hydrogen (secondary N) is 1. The summed E-state index contributed by atoms with van der Waals surface area (Å²) in [5, 5.41) is 13.3. The minimum absolute atomic E-state index is 0.568. The second kappa shape index (κ2) is 6.01. The summed E-state index contributed by atoms with van der Waals surface area (Å²) in [6.07, 6.45) is 0.954. The molecule has 5 heteroatoms. The van der Waals surface area contributed by atoms with E-state index in [2.05, 4.69) is 22.4 Å². The Bertz CT molecular complexity index is 239. The first-order valence-electron chi connectivity index (χ1n) is 4.37. The van der Waals surface area contributed by atoms with E-state index in [1.54, 1.807) is 18.4 Å². The molecule has 0 aliphatic rings. The van der Waals surface area contributed by atoms with Crippen molar-refractivity contribution in [1.29, 1.82) is 0 Å². The summed E-state index contributed by atoms with van der Waals surface area (Å²) in [5.74, 6) is 0. The molecule has 0 radical (unpaired) electrons. The number of methoxy groups -OCH3 is 1. The van der Waals surface area contributed by atoms with E-state index in [0.29, 0.717) is 6.61 Å². The maximum Gasteiger partial charge on any atom is 0.143 e. The first kappa shape index (κ1) is 10.6. The first-order valence-corrected chi connectivity index (χ1v) is 5.19. The molecular weight excluding hydrogens is 186 g/mol. The van der Waals surface area contributed by atoms with Gasteiger partial charge >= 0.3 is 0 Å².